The van der Waals surface area contributed by atoms with Gasteiger partial charge in [0.05, 0.1) is 4.90 Å². The van der Waals surface area contributed by atoms with Gasteiger partial charge < -0.3 is 5.32 Å². The summed E-state index contributed by atoms with van der Waals surface area (Å²) in [5.41, 5.74) is 2.15. The molecule has 1 N–H and O–H groups in total. The molecule has 0 spiro atoms. The second kappa shape index (κ2) is 7.97. The van der Waals surface area contributed by atoms with E-state index >= 15 is 0 Å². The molecule has 0 radical (unpaired) electrons. The van der Waals surface area contributed by atoms with Gasteiger partial charge in [0.2, 0.25) is 15.9 Å². The van der Waals surface area contributed by atoms with Crippen molar-refractivity contribution in [3.05, 3.63) is 77.9 Å². The standard InChI is InChI=1S/C23H24N2O3S/c1-17-8-10-18(11-9-17)16-24-23(26)22-7-4-14-25(22)29(27,28)21-13-12-19-5-2-3-6-20(19)15-21/h2-3,5-6,8-13,15,22H,4,7,14,16H2,1H3,(H,24,26)/t22-/m1/s1. The van der Waals surface area contributed by atoms with Crippen LogP contribution in [0.25, 0.3) is 10.8 Å². The molecule has 1 saturated heterocycles. The second-order valence-corrected chi connectivity index (χ2v) is 9.38. The number of rotatable bonds is 5. The number of nitrogens with one attached hydrogen (secondary N) is 1. The Kier molecular flexibility index (Phi) is 5.39. The molecule has 1 aliphatic heterocycles. The molecule has 29 heavy (non-hydrogen) atoms. The van der Waals surface area contributed by atoms with Crippen LogP contribution in [-0.2, 0) is 21.4 Å². The number of hydrogen-bond donors (Lipinski definition) is 1. The van der Waals surface area contributed by atoms with E-state index in [1.54, 1.807) is 12.1 Å². The number of fused-ring (bicyclic) bond motifs is 1. The molecule has 3 aromatic rings. The Morgan fingerprint density at radius 2 is 1.76 bits per heavy atom. The Bertz CT molecular complexity index is 1140. The number of amides is 1. The topological polar surface area (TPSA) is 66.5 Å². The lowest BCUT2D eigenvalue weighted by molar-refractivity contribution is -0.124. The van der Waals surface area contributed by atoms with E-state index in [4.69, 9.17) is 0 Å². The monoisotopic (exact) mass is 408 g/mol. The first-order valence-corrected chi connectivity index (χ1v) is 11.2. The van der Waals surface area contributed by atoms with E-state index in [1.165, 1.54) is 4.31 Å². The summed E-state index contributed by atoms with van der Waals surface area (Å²) in [6, 6.07) is 20.0. The minimum absolute atomic E-state index is 0.231. The van der Waals surface area contributed by atoms with E-state index in [2.05, 4.69) is 5.32 Å². The molecule has 1 atom stereocenters. The summed E-state index contributed by atoms with van der Waals surface area (Å²) < 4.78 is 27.9. The van der Waals surface area contributed by atoms with Crippen molar-refractivity contribution >= 4 is 26.7 Å². The minimum Gasteiger partial charge on any atom is -0.351 e. The average molecular weight is 409 g/mol. The summed E-state index contributed by atoms with van der Waals surface area (Å²) in [6.07, 6.45) is 1.21. The Balaban J connectivity index is 1.52. The van der Waals surface area contributed by atoms with Crippen molar-refractivity contribution in [3.63, 3.8) is 0 Å². The van der Waals surface area contributed by atoms with Crippen molar-refractivity contribution in [1.82, 2.24) is 9.62 Å². The van der Waals surface area contributed by atoms with E-state index < -0.39 is 16.1 Å². The molecule has 1 amide bonds. The third-order valence-electron chi connectivity index (χ3n) is 5.42. The SMILES string of the molecule is Cc1ccc(CNC(=O)[C@H]2CCCN2S(=O)(=O)c2ccc3ccccc3c2)cc1. The number of hydrogen-bond acceptors (Lipinski definition) is 3. The summed E-state index contributed by atoms with van der Waals surface area (Å²) in [5.74, 6) is -0.243. The Morgan fingerprint density at radius 3 is 2.52 bits per heavy atom. The lowest BCUT2D eigenvalue weighted by Gasteiger charge is -2.23. The molecule has 150 valence electrons. The molecule has 0 aromatic heterocycles. The fourth-order valence-corrected chi connectivity index (χ4v) is 5.46. The van der Waals surface area contributed by atoms with Gasteiger partial charge in [-0.2, -0.15) is 4.31 Å². The highest BCUT2D eigenvalue weighted by Gasteiger charge is 2.39. The molecule has 5 nitrogen and oxygen atoms in total. The van der Waals surface area contributed by atoms with E-state index in [-0.39, 0.29) is 10.8 Å². The van der Waals surface area contributed by atoms with Gasteiger partial charge in [-0.15, -0.1) is 0 Å². The first-order valence-electron chi connectivity index (χ1n) is 9.79. The maximum Gasteiger partial charge on any atom is 0.243 e. The zero-order valence-electron chi connectivity index (χ0n) is 16.3. The van der Waals surface area contributed by atoms with Crippen LogP contribution in [0.4, 0.5) is 0 Å². The van der Waals surface area contributed by atoms with Gasteiger partial charge in [-0.05, 0) is 48.2 Å². The summed E-state index contributed by atoms with van der Waals surface area (Å²) in [7, 11) is -3.74. The number of sulfonamides is 1. The quantitative estimate of drug-likeness (QED) is 0.701. The number of benzene rings is 3. The second-order valence-electron chi connectivity index (χ2n) is 7.49. The summed E-state index contributed by atoms with van der Waals surface area (Å²) >= 11 is 0. The predicted octanol–water partition coefficient (Wildman–Crippen LogP) is 3.62. The molecule has 1 aliphatic rings. The van der Waals surface area contributed by atoms with Crippen LogP contribution in [0.15, 0.2) is 71.6 Å². The molecule has 6 heteroatoms. The molecule has 0 saturated carbocycles. The normalized spacial score (nSPS) is 17.5. The maximum atomic E-state index is 13.3. The Hall–Kier alpha value is -2.70. The third-order valence-corrected chi connectivity index (χ3v) is 7.33. The van der Waals surface area contributed by atoms with Crippen molar-refractivity contribution in [1.29, 1.82) is 0 Å². The van der Waals surface area contributed by atoms with Crippen LogP contribution in [0.2, 0.25) is 0 Å². The molecule has 1 fully saturated rings. The van der Waals surface area contributed by atoms with E-state index in [9.17, 15) is 13.2 Å². The third kappa shape index (κ3) is 4.04. The van der Waals surface area contributed by atoms with Gasteiger partial charge >= 0.3 is 0 Å². The summed E-state index contributed by atoms with van der Waals surface area (Å²) in [4.78, 5) is 13.0. The number of carbonyl (C=O) groups is 1. The van der Waals surface area contributed by atoms with Crippen LogP contribution in [0.3, 0.4) is 0 Å². The Morgan fingerprint density at radius 1 is 1.03 bits per heavy atom. The molecule has 4 rings (SSSR count). The van der Waals surface area contributed by atoms with Crippen molar-refractivity contribution in [2.75, 3.05) is 6.54 Å². The van der Waals surface area contributed by atoms with E-state index in [0.29, 0.717) is 25.9 Å². The van der Waals surface area contributed by atoms with Gasteiger partial charge in [0, 0.05) is 13.1 Å². The Labute approximate surface area is 171 Å². The highest BCUT2D eigenvalue weighted by Crippen LogP contribution is 2.28. The summed E-state index contributed by atoms with van der Waals surface area (Å²) in [5, 5.41) is 4.75. The minimum atomic E-state index is -3.74. The van der Waals surface area contributed by atoms with Crippen LogP contribution in [0, 0.1) is 6.92 Å². The van der Waals surface area contributed by atoms with E-state index in [1.807, 2.05) is 61.5 Å². The number of carbonyl (C=O) groups excluding carboxylic acids is 1. The fourth-order valence-electron chi connectivity index (χ4n) is 3.77. The van der Waals surface area contributed by atoms with Crippen LogP contribution in [0.1, 0.15) is 24.0 Å². The first-order chi connectivity index (χ1) is 13.9. The summed E-state index contributed by atoms with van der Waals surface area (Å²) in [6.45, 7) is 2.76. The van der Waals surface area contributed by atoms with Crippen LogP contribution in [-0.4, -0.2) is 31.2 Å². The fraction of sp³-hybridized carbons (Fsp3) is 0.261. The van der Waals surface area contributed by atoms with Gasteiger partial charge in [0.15, 0.2) is 0 Å². The zero-order chi connectivity index (χ0) is 20.4. The highest BCUT2D eigenvalue weighted by molar-refractivity contribution is 7.89. The van der Waals surface area contributed by atoms with Crippen LogP contribution < -0.4 is 5.32 Å². The number of nitrogens with zero attached hydrogens (tertiary/aromatic N) is 1. The van der Waals surface area contributed by atoms with Gasteiger partial charge in [0.25, 0.3) is 0 Å². The number of aryl methyl sites for hydroxylation is 1. The lowest BCUT2D eigenvalue weighted by Crippen LogP contribution is -2.45. The van der Waals surface area contributed by atoms with Gasteiger partial charge in [0.1, 0.15) is 6.04 Å². The molecule has 0 aliphatic carbocycles. The zero-order valence-corrected chi connectivity index (χ0v) is 17.2. The van der Waals surface area contributed by atoms with Gasteiger partial charge in [-0.25, -0.2) is 8.42 Å². The van der Waals surface area contributed by atoms with Crippen LogP contribution in [0.5, 0.6) is 0 Å². The molecular formula is C23H24N2O3S. The lowest BCUT2D eigenvalue weighted by atomic mass is 10.1. The van der Waals surface area contributed by atoms with Gasteiger partial charge in [-0.1, -0.05) is 60.2 Å². The largest absolute Gasteiger partial charge is 0.351 e. The smallest absolute Gasteiger partial charge is 0.243 e. The van der Waals surface area contributed by atoms with Crippen LogP contribution >= 0.6 is 0 Å². The van der Waals surface area contributed by atoms with E-state index in [0.717, 1.165) is 21.9 Å². The van der Waals surface area contributed by atoms with Crippen molar-refractivity contribution in [3.8, 4) is 0 Å². The molecule has 0 unspecified atom stereocenters. The van der Waals surface area contributed by atoms with Crippen molar-refractivity contribution < 1.29 is 13.2 Å². The highest BCUT2D eigenvalue weighted by atomic mass is 32.2. The van der Waals surface area contributed by atoms with Crippen molar-refractivity contribution in [2.24, 2.45) is 0 Å². The average Bonchev–Trinajstić information content (AvgIpc) is 3.24. The first kappa shape index (κ1) is 19.6. The maximum absolute atomic E-state index is 13.3. The molecule has 0 bridgehead atoms. The predicted molar refractivity (Wildman–Crippen MR) is 114 cm³/mol. The molecular weight excluding hydrogens is 384 g/mol. The molecule has 1 heterocycles. The van der Waals surface area contributed by atoms with Crippen molar-refractivity contribution in [2.45, 2.75) is 37.2 Å². The van der Waals surface area contributed by atoms with Gasteiger partial charge in [-0.3, -0.25) is 4.79 Å². The molecule has 3 aromatic carbocycles.